The van der Waals surface area contributed by atoms with Gasteiger partial charge in [0.2, 0.25) is 5.95 Å². The summed E-state index contributed by atoms with van der Waals surface area (Å²) >= 11 is 0. The lowest BCUT2D eigenvalue weighted by molar-refractivity contribution is 0.102. The minimum Gasteiger partial charge on any atom is -0.508 e. The Morgan fingerprint density at radius 3 is 2.45 bits per heavy atom. The first kappa shape index (κ1) is 34.0. The van der Waals surface area contributed by atoms with Crippen LogP contribution in [0.1, 0.15) is 58.6 Å². The van der Waals surface area contributed by atoms with Gasteiger partial charge in [0.05, 0.1) is 30.7 Å². The second-order valence-corrected chi connectivity index (χ2v) is 13.3. The van der Waals surface area contributed by atoms with E-state index in [9.17, 15) is 9.90 Å². The second kappa shape index (κ2) is 14.8. The van der Waals surface area contributed by atoms with Crippen molar-refractivity contribution in [1.29, 1.82) is 0 Å². The number of likely N-dealkylation sites (N-methyl/N-ethyl adjacent to an activating group) is 1. The molecule has 3 N–H and O–H groups in total. The molecular formula is C40H46N8O3. The number of para-hydroxylation sites is 1. The van der Waals surface area contributed by atoms with Crippen LogP contribution in [0.25, 0.3) is 11.4 Å². The third-order valence-corrected chi connectivity index (χ3v) is 10.0. The lowest BCUT2D eigenvalue weighted by atomic mass is 10.0. The smallest absolute Gasteiger partial charge is 0.276 e. The van der Waals surface area contributed by atoms with Gasteiger partial charge in [0.1, 0.15) is 11.5 Å². The molecule has 1 aliphatic heterocycles. The molecule has 11 nitrogen and oxygen atoms in total. The highest BCUT2D eigenvalue weighted by atomic mass is 16.5. The quantitative estimate of drug-likeness (QED) is 0.152. The van der Waals surface area contributed by atoms with Crippen molar-refractivity contribution in [3.8, 4) is 22.9 Å². The summed E-state index contributed by atoms with van der Waals surface area (Å²) in [5, 5.41) is 21.9. The maximum absolute atomic E-state index is 14.2. The van der Waals surface area contributed by atoms with E-state index in [0.29, 0.717) is 30.4 Å². The largest absolute Gasteiger partial charge is 0.508 e. The van der Waals surface area contributed by atoms with Gasteiger partial charge in [-0.2, -0.15) is 5.10 Å². The Labute approximate surface area is 299 Å². The Kier molecular flexibility index (Phi) is 9.90. The molecule has 0 unspecified atom stereocenters. The van der Waals surface area contributed by atoms with E-state index in [1.54, 1.807) is 19.2 Å². The molecule has 0 saturated carbocycles. The highest BCUT2D eigenvalue weighted by Crippen LogP contribution is 2.37. The van der Waals surface area contributed by atoms with Gasteiger partial charge in [-0.25, -0.2) is 9.97 Å². The van der Waals surface area contributed by atoms with Crippen molar-refractivity contribution in [2.45, 2.75) is 52.5 Å². The first-order chi connectivity index (χ1) is 24.8. The maximum atomic E-state index is 14.2. The second-order valence-electron chi connectivity index (χ2n) is 13.3. The summed E-state index contributed by atoms with van der Waals surface area (Å²) in [6.45, 7) is 8.51. The number of phenols is 1. The fourth-order valence-corrected chi connectivity index (χ4v) is 7.18. The van der Waals surface area contributed by atoms with Gasteiger partial charge in [0.15, 0.2) is 5.69 Å². The van der Waals surface area contributed by atoms with Crippen LogP contribution >= 0.6 is 0 Å². The molecule has 1 amide bonds. The third-order valence-electron chi connectivity index (χ3n) is 10.0. The molecule has 0 atom stereocenters. The molecule has 0 radical (unpaired) electrons. The van der Waals surface area contributed by atoms with E-state index in [0.717, 1.165) is 108 Å². The number of anilines is 4. The van der Waals surface area contributed by atoms with Gasteiger partial charge in [0, 0.05) is 55.4 Å². The number of benzene rings is 3. The topological polar surface area (TPSA) is 121 Å². The van der Waals surface area contributed by atoms with Crippen LogP contribution in [-0.4, -0.2) is 76.0 Å². The van der Waals surface area contributed by atoms with Crippen LogP contribution < -0.4 is 20.3 Å². The van der Waals surface area contributed by atoms with Crippen molar-refractivity contribution < 1.29 is 14.6 Å². The number of piperazine rings is 1. The van der Waals surface area contributed by atoms with E-state index in [4.69, 9.17) is 19.8 Å². The number of aromatic nitrogens is 4. The summed E-state index contributed by atoms with van der Waals surface area (Å²) in [7, 11) is 3.82. The maximum Gasteiger partial charge on any atom is 0.276 e. The molecule has 1 fully saturated rings. The first-order valence-corrected chi connectivity index (χ1v) is 17.9. The minimum absolute atomic E-state index is 0.175. The Morgan fingerprint density at radius 1 is 0.961 bits per heavy atom. The van der Waals surface area contributed by atoms with Gasteiger partial charge in [-0.15, -0.1) is 0 Å². The molecule has 2 aliphatic rings. The van der Waals surface area contributed by atoms with E-state index in [2.05, 4.69) is 65.6 Å². The molecule has 3 heterocycles. The van der Waals surface area contributed by atoms with Gasteiger partial charge in [-0.1, -0.05) is 44.2 Å². The SMILES string of the molecule is CCc1cccc(CC)c1NC(=O)c1nn(Cc2cccc(O)c2)c2c1CCCc1cnc(Nc3ccc(N4CCN(C)CC4)cc3OC)nc1-2. The zero-order valence-electron chi connectivity index (χ0n) is 29.9. The predicted octanol–water partition coefficient (Wildman–Crippen LogP) is 6.46. The minimum atomic E-state index is -0.238. The predicted molar refractivity (Wildman–Crippen MR) is 202 cm³/mol. The molecule has 1 saturated heterocycles. The standard InChI is InChI=1S/C40H46N8O3/c1-5-27-11-8-12-28(6-2)35(27)43-39(50)37-32-15-9-13-29-24-41-40(44-36(29)38(32)48(45-37)25-26-10-7-14-31(49)22-26)42-33-17-16-30(23-34(33)51-4)47-20-18-46(3)19-21-47/h7-8,10-12,14,16-17,22-24,49H,5-6,9,13,15,18-21,25H2,1-4H3,(H,43,50)(H,41,42,44). The van der Waals surface area contributed by atoms with Crippen molar-refractivity contribution in [3.63, 3.8) is 0 Å². The average Bonchev–Trinajstić information content (AvgIpc) is 3.38. The van der Waals surface area contributed by atoms with Crippen LogP contribution in [0.2, 0.25) is 0 Å². The fraction of sp³-hybridized carbons (Fsp3) is 0.350. The van der Waals surface area contributed by atoms with Crippen LogP contribution in [0.15, 0.2) is 66.9 Å². The normalized spacial score (nSPS) is 14.4. The van der Waals surface area contributed by atoms with E-state index in [1.165, 1.54) is 0 Å². The third kappa shape index (κ3) is 7.12. The number of amides is 1. The fourth-order valence-electron chi connectivity index (χ4n) is 7.18. The van der Waals surface area contributed by atoms with Crippen molar-refractivity contribution in [1.82, 2.24) is 24.6 Å². The number of phenolic OH excluding ortho intramolecular Hbond substituents is 1. The molecule has 3 aromatic carbocycles. The number of carbonyl (C=O) groups is 1. The molecule has 0 bridgehead atoms. The Bertz CT molecular complexity index is 2030. The number of aromatic hydroxyl groups is 1. The lowest BCUT2D eigenvalue weighted by Crippen LogP contribution is -2.44. The van der Waals surface area contributed by atoms with Gasteiger partial charge in [-0.3, -0.25) is 9.48 Å². The number of carbonyl (C=O) groups excluding carboxylic acids is 1. The van der Waals surface area contributed by atoms with Crippen LogP contribution in [-0.2, 0) is 32.2 Å². The number of fused-ring (bicyclic) bond motifs is 3. The van der Waals surface area contributed by atoms with E-state index < -0.39 is 0 Å². The Hall–Kier alpha value is -5.42. The molecule has 1 aliphatic carbocycles. The molecule has 2 aromatic heterocycles. The molecular weight excluding hydrogens is 640 g/mol. The van der Waals surface area contributed by atoms with Crippen LogP contribution in [0.5, 0.6) is 11.5 Å². The number of methoxy groups -OCH3 is 1. The number of hydrogen-bond acceptors (Lipinski definition) is 9. The van der Waals surface area contributed by atoms with Crippen LogP contribution in [0.4, 0.5) is 23.0 Å². The van der Waals surface area contributed by atoms with Crippen molar-refractivity contribution in [3.05, 3.63) is 100 Å². The molecule has 11 heteroatoms. The molecule has 51 heavy (non-hydrogen) atoms. The zero-order valence-corrected chi connectivity index (χ0v) is 29.9. The van der Waals surface area contributed by atoms with Gasteiger partial charge in [0.25, 0.3) is 5.91 Å². The summed E-state index contributed by atoms with van der Waals surface area (Å²) in [4.78, 5) is 28.7. The molecule has 5 aromatic rings. The van der Waals surface area contributed by atoms with Crippen molar-refractivity contribution in [2.75, 3.05) is 55.9 Å². The number of nitrogens with one attached hydrogen (secondary N) is 2. The van der Waals surface area contributed by atoms with E-state index in [1.807, 2.05) is 35.1 Å². The molecule has 0 spiro atoms. The number of aryl methyl sites for hydroxylation is 3. The summed E-state index contributed by atoms with van der Waals surface area (Å²) in [5.74, 6) is 1.07. The van der Waals surface area contributed by atoms with E-state index in [-0.39, 0.29) is 11.7 Å². The van der Waals surface area contributed by atoms with Gasteiger partial charge < -0.3 is 30.3 Å². The highest BCUT2D eigenvalue weighted by molar-refractivity contribution is 6.05. The molecule has 264 valence electrons. The monoisotopic (exact) mass is 686 g/mol. The Balaban J connectivity index is 1.27. The first-order valence-electron chi connectivity index (χ1n) is 17.9. The summed E-state index contributed by atoms with van der Waals surface area (Å²) in [6, 6.07) is 19.5. The number of nitrogens with zero attached hydrogens (tertiary/aromatic N) is 6. The Morgan fingerprint density at radius 2 is 1.73 bits per heavy atom. The lowest BCUT2D eigenvalue weighted by Gasteiger charge is -2.34. The highest BCUT2D eigenvalue weighted by Gasteiger charge is 2.30. The summed E-state index contributed by atoms with van der Waals surface area (Å²) in [6.07, 6.45) is 5.73. The number of hydrogen-bond donors (Lipinski definition) is 3. The summed E-state index contributed by atoms with van der Waals surface area (Å²) in [5.41, 5.74) is 9.55. The van der Waals surface area contributed by atoms with Crippen LogP contribution in [0, 0.1) is 0 Å². The zero-order chi connectivity index (χ0) is 35.5. The number of ether oxygens (including phenoxy) is 1. The van der Waals surface area contributed by atoms with Gasteiger partial charge >= 0.3 is 0 Å². The molecule has 7 rings (SSSR count). The average molecular weight is 687 g/mol. The number of rotatable bonds is 10. The summed E-state index contributed by atoms with van der Waals surface area (Å²) < 4.78 is 7.69. The van der Waals surface area contributed by atoms with Crippen molar-refractivity contribution >= 4 is 28.9 Å². The van der Waals surface area contributed by atoms with E-state index >= 15 is 0 Å². The van der Waals surface area contributed by atoms with Crippen molar-refractivity contribution in [2.24, 2.45) is 0 Å². The van der Waals surface area contributed by atoms with Gasteiger partial charge in [-0.05, 0) is 85.7 Å². The van der Waals surface area contributed by atoms with Crippen LogP contribution in [0.3, 0.4) is 0 Å².